The molecule has 0 heterocycles. The number of carbonyl (C=O) groups excluding carboxylic acids is 1. The zero-order chi connectivity index (χ0) is 16.8. The molecule has 1 heteroatoms. The van der Waals surface area contributed by atoms with Crippen molar-refractivity contribution < 1.29 is 4.79 Å². The summed E-state index contributed by atoms with van der Waals surface area (Å²) < 4.78 is 0. The third-order valence-electron chi connectivity index (χ3n) is 3.29. The lowest BCUT2D eigenvalue weighted by atomic mass is 10.2. The fourth-order valence-electron chi connectivity index (χ4n) is 2.00. The summed E-state index contributed by atoms with van der Waals surface area (Å²) in [4.78, 5) is 10.1. The van der Waals surface area contributed by atoms with Gasteiger partial charge in [0.15, 0.2) is 0 Å². The fourth-order valence-corrected chi connectivity index (χ4v) is 2.00. The van der Waals surface area contributed by atoms with Crippen LogP contribution in [0.4, 0.5) is 0 Å². The molecule has 0 aliphatic carbocycles. The molecule has 0 rings (SSSR count). The molecular weight excluding hydrogens is 280 g/mol. The van der Waals surface area contributed by atoms with Gasteiger partial charge < -0.3 is 4.79 Å². The van der Waals surface area contributed by atoms with Gasteiger partial charge in [-0.05, 0) is 57.8 Å². The van der Waals surface area contributed by atoms with Crippen LogP contribution in [-0.4, -0.2) is 6.29 Å². The molecular formula is C22H34O. The molecule has 0 spiro atoms. The van der Waals surface area contributed by atoms with E-state index in [-0.39, 0.29) is 0 Å². The van der Waals surface area contributed by atoms with Gasteiger partial charge in [-0.2, -0.15) is 0 Å². The Labute approximate surface area is 143 Å². The highest BCUT2D eigenvalue weighted by molar-refractivity contribution is 5.49. The molecule has 23 heavy (non-hydrogen) atoms. The van der Waals surface area contributed by atoms with Gasteiger partial charge in [0, 0.05) is 6.42 Å². The molecule has 0 saturated carbocycles. The van der Waals surface area contributed by atoms with E-state index in [1.807, 2.05) is 0 Å². The van der Waals surface area contributed by atoms with Gasteiger partial charge in [0.1, 0.15) is 6.29 Å². The first kappa shape index (κ1) is 21.4. The SMILES string of the molecule is CC/C=C/CC/C=C/C/C=C/CC/C=C/CC/C=C/CCC=O. The molecule has 0 aromatic carbocycles. The van der Waals surface area contributed by atoms with Crippen LogP contribution >= 0.6 is 0 Å². The predicted molar refractivity (Wildman–Crippen MR) is 104 cm³/mol. The average Bonchev–Trinajstić information content (AvgIpc) is 2.57. The Morgan fingerprint density at radius 3 is 1.22 bits per heavy atom. The number of hydrogen-bond acceptors (Lipinski definition) is 1. The van der Waals surface area contributed by atoms with Crippen LogP contribution in [0.2, 0.25) is 0 Å². The Bertz CT molecular complexity index is 383. The first-order valence-corrected chi connectivity index (χ1v) is 9.10. The monoisotopic (exact) mass is 314 g/mol. The van der Waals surface area contributed by atoms with E-state index in [2.05, 4.69) is 67.7 Å². The van der Waals surface area contributed by atoms with Crippen molar-refractivity contribution in [2.45, 2.75) is 71.1 Å². The van der Waals surface area contributed by atoms with Crippen LogP contribution in [0.3, 0.4) is 0 Å². The molecule has 0 N–H and O–H groups in total. The van der Waals surface area contributed by atoms with Crippen molar-refractivity contribution in [3.05, 3.63) is 60.8 Å². The third kappa shape index (κ3) is 20.4. The Morgan fingerprint density at radius 1 is 0.478 bits per heavy atom. The molecule has 0 saturated heterocycles. The highest BCUT2D eigenvalue weighted by Gasteiger charge is 1.81. The maximum atomic E-state index is 10.1. The van der Waals surface area contributed by atoms with Crippen molar-refractivity contribution >= 4 is 6.29 Å². The summed E-state index contributed by atoms with van der Waals surface area (Å²) >= 11 is 0. The van der Waals surface area contributed by atoms with Crippen LogP contribution < -0.4 is 0 Å². The molecule has 0 aliphatic heterocycles. The molecule has 0 fully saturated rings. The quantitative estimate of drug-likeness (QED) is 0.183. The summed E-state index contributed by atoms with van der Waals surface area (Å²) in [5.41, 5.74) is 0. The Morgan fingerprint density at radius 2 is 0.826 bits per heavy atom. The van der Waals surface area contributed by atoms with Gasteiger partial charge in [0.2, 0.25) is 0 Å². The molecule has 1 nitrogen and oxygen atoms in total. The Kier molecular flexibility index (Phi) is 18.9. The van der Waals surface area contributed by atoms with Gasteiger partial charge in [-0.3, -0.25) is 0 Å². The van der Waals surface area contributed by atoms with E-state index in [0.29, 0.717) is 6.42 Å². The van der Waals surface area contributed by atoms with Crippen molar-refractivity contribution in [1.82, 2.24) is 0 Å². The first-order chi connectivity index (χ1) is 11.4. The van der Waals surface area contributed by atoms with Crippen LogP contribution in [0.25, 0.3) is 0 Å². The lowest BCUT2D eigenvalue weighted by Crippen LogP contribution is -1.71. The minimum absolute atomic E-state index is 0.643. The van der Waals surface area contributed by atoms with Crippen LogP contribution in [0.1, 0.15) is 71.1 Å². The van der Waals surface area contributed by atoms with Gasteiger partial charge in [-0.25, -0.2) is 0 Å². The maximum Gasteiger partial charge on any atom is 0.120 e. The minimum atomic E-state index is 0.643. The van der Waals surface area contributed by atoms with E-state index in [1.54, 1.807) is 0 Å². The van der Waals surface area contributed by atoms with Gasteiger partial charge in [0.25, 0.3) is 0 Å². The van der Waals surface area contributed by atoms with Gasteiger partial charge in [0.05, 0.1) is 0 Å². The van der Waals surface area contributed by atoms with Crippen molar-refractivity contribution in [2.75, 3.05) is 0 Å². The van der Waals surface area contributed by atoms with Crippen molar-refractivity contribution in [3.63, 3.8) is 0 Å². The Balaban J connectivity index is 3.37. The normalized spacial score (nSPS) is 12.7. The smallest absolute Gasteiger partial charge is 0.120 e. The van der Waals surface area contributed by atoms with Crippen LogP contribution in [0, 0.1) is 0 Å². The van der Waals surface area contributed by atoms with E-state index in [1.165, 1.54) is 0 Å². The molecule has 128 valence electrons. The van der Waals surface area contributed by atoms with Crippen LogP contribution in [0.5, 0.6) is 0 Å². The van der Waals surface area contributed by atoms with E-state index >= 15 is 0 Å². The summed E-state index contributed by atoms with van der Waals surface area (Å²) in [6.07, 6.45) is 33.7. The molecule has 0 amide bonds. The predicted octanol–water partition coefficient (Wildman–Crippen LogP) is 6.89. The summed E-state index contributed by atoms with van der Waals surface area (Å²) in [5.74, 6) is 0. The van der Waals surface area contributed by atoms with Crippen molar-refractivity contribution in [2.24, 2.45) is 0 Å². The topological polar surface area (TPSA) is 17.1 Å². The van der Waals surface area contributed by atoms with Crippen molar-refractivity contribution in [3.8, 4) is 0 Å². The molecule has 0 aromatic rings. The number of carbonyl (C=O) groups is 1. The van der Waals surface area contributed by atoms with Gasteiger partial charge >= 0.3 is 0 Å². The third-order valence-corrected chi connectivity index (χ3v) is 3.29. The second-order valence-corrected chi connectivity index (χ2v) is 5.48. The van der Waals surface area contributed by atoms with Crippen LogP contribution in [0.15, 0.2) is 60.8 Å². The fraction of sp³-hybridized carbons (Fsp3) is 0.500. The summed E-state index contributed by atoms with van der Waals surface area (Å²) in [6.45, 7) is 2.17. The second kappa shape index (κ2) is 20.4. The molecule has 0 radical (unpaired) electrons. The average molecular weight is 315 g/mol. The number of unbranched alkanes of at least 4 members (excludes halogenated alkanes) is 4. The van der Waals surface area contributed by atoms with E-state index in [0.717, 1.165) is 64.1 Å². The largest absolute Gasteiger partial charge is 0.303 e. The molecule has 0 bridgehead atoms. The van der Waals surface area contributed by atoms with Crippen LogP contribution in [-0.2, 0) is 4.79 Å². The van der Waals surface area contributed by atoms with Crippen molar-refractivity contribution in [1.29, 1.82) is 0 Å². The zero-order valence-corrected chi connectivity index (χ0v) is 14.8. The van der Waals surface area contributed by atoms with E-state index < -0.39 is 0 Å². The number of rotatable bonds is 15. The standard InChI is InChI=1S/C22H34O/c1-2-3-4-5-6-7-8-9-10-11-12-13-14-15-16-17-18-19-20-21-22-23/h3-4,7-8,10-11,14-15,18-19,22H,2,5-6,9,12-13,16-17,20-21H2,1H3/b4-3+,8-7+,11-10+,15-14+,19-18+. The van der Waals surface area contributed by atoms with E-state index in [4.69, 9.17) is 0 Å². The first-order valence-electron chi connectivity index (χ1n) is 9.10. The summed E-state index contributed by atoms with van der Waals surface area (Å²) in [5, 5.41) is 0. The highest BCUT2D eigenvalue weighted by atomic mass is 16.1. The van der Waals surface area contributed by atoms with Gasteiger partial charge in [-0.15, -0.1) is 0 Å². The van der Waals surface area contributed by atoms with Gasteiger partial charge in [-0.1, -0.05) is 67.7 Å². The minimum Gasteiger partial charge on any atom is -0.303 e. The van der Waals surface area contributed by atoms with E-state index in [9.17, 15) is 4.79 Å². The molecule has 0 aliphatic rings. The number of aldehydes is 1. The zero-order valence-electron chi connectivity index (χ0n) is 14.8. The highest BCUT2D eigenvalue weighted by Crippen LogP contribution is 2.00. The summed E-state index contributed by atoms with van der Waals surface area (Å²) in [7, 11) is 0. The lowest BCUT2D eigenvalue weighted by molar-refractivity contribution is -0.107. The molecule has 0 aromatic heterocycles. The lowest BCUT2D eigenvalue weighted by Gasteiger charge is -1.89. The molecule has 0 unspecified atom stereocenters. The second-order valence-electron chi connectivity index (χ2n) is 5.48. The summed E-state index contributed by atoms with van der Waals surface area (Å²) in [6, 6.07) is 0. The maximum absolute atomic E-state index is 10.1. The molecule has 0 atom stereocenters. The number of hydrogen-bond donors (Lipinski definition) is 0. The Hall–Kier alpha value is -1.63. The number of allylic oxidation sites excluding steroid dienone is 10.